The molecular formula is C5H7N5O2. The van der Waals surface area contributed by atoms with Gasteiger partial charge >= 0.3 is 12.0 Å². The summed E-state index contributed by atoms with van der Waals surface area (Å²) in [5, 5.41) is 0. The highest BCUT2D eigenvalue weighted by molar-refractivity contribution is 5.68. The SMILES string of the molecule is CC(=O)Oc1nc(N)nc(N)n1. The molecule has 4 N–H and O–H groups in total. The molecule has 1 rings (SSSR count). The molecule has 0 aliphatic carbocycles. The summed E-state index contributed by atoms with van der Waals surface area (Å²) in [6, 6.07) is -0.187. The van der Waals surface area contributed by atoms with Crippen molar-refractivity contribution >= 4 is 17.9 Å². The zero-order valence-electron chi connectivity index (χ0n) is 6.31. The van der Waals surface area contributed by atoms with E-state index in [-0.39, 0.29) is 17.9 Å². The fourth-order valence-electron chi connectivity index (χ4n) is 0.563. The van der Waals surface area contributed by atoms with Gasteiger partial charge in [-0.15, -0.1) is 0 Å². The van der Waals surface area contributed by atoms with E-state index in [1.165, 1.54) is 6.92 Å². The minimum atomic E-state index is -0.542. The molecule has 12 heavy (non-hydrogen) atoms. The number of aromatic nitrogens is 3. The first-order valence-electron chi connectivity index (χ1n) is 3.03. The number of esters is 1. The highest BCUT2D eigenvalue weighted by Gasteiger charge is 2.04. The zero-order valence-corrected chi connectivity index (χ0v) is 6.31. The number of anilines is 2. The lowest BCUT2D eigenvalue weighted by Gasteiger charge is -1.99. The molecule has 1 aromatic rings. The molecular weight excluding hydrogens is 162 g/mol. The van der Waals surface area contributed by atoms with Crippen molar-refractivity contribution in [3.8, 4) is 6.01 Å². The Morgan fingerprint density at radius 2 is 1.75 bits per heavy atom. The maximum atomic E-state index is 10.4. The normalized spacial score (nSPS) is 9.42. The summed E-state index contributed by atoms with van der Waals surface area (Å²) in [6.07, 6.45) is 0. The maximum Gasteiger partial charge on any atom is 0.330 e. The highest BCUT2D eigenvalue weighted by atomic mass is 16.5. The van der Waals surface area contributed by atoms with Crippen molar-refractivity contribution < 1.29 is 9.53 Å². The van der Waals surface area contributed by atoms with E-state index in [9.17, 15) is 4.79 Å². The number of hydrogen-bond donors (Lipinski definition) is 2. The number of ether oxygens (including phenoxy) is 1. The quantitative estimate of drug-likeness (QED) is 0.515. The lowest BCUT2D eigenvalue weighted by Crippen LogP contribution is -2.09. The summed E-state index contributed by atoms with van der Waals surface area (Å²) in [5.74, 6) is -0.711. The van der Waals surface area contributed by atoms with Gasteiger partial charge in [0.25, 0.3) is 0 Å². The van der Waals surface area contributed by atoms with E-state index in [0.29, 0.717) is 0 Å². The van der Waals surface area contributed by atoms with Crippen LogP contribution in [-0.2, 0) is 4.79 Å². The number of carbonyl (C=O) groups is 1. The topological polar surface area (TPSA) is 117 Å². The Bertz CT molecular complexity index is 292. The van der Waals surface area contributed by atoms with Crippen molar-refractivity contribution in [1.29, 1.82) is 0 Å². The number of hydrogen-bond acceptors (Lipinski definition) is 7. The Morgan fingerprint density at radius 1 is 1.25 bits per heavy atom. The third-order valence-corrected chi connectivity index (χ3v) is 0.885. The Morgan fingerprint density at radius 3 is 2.17 bits per heavy atom. The average Bonchev–Trinajstić information content (AvgIpc) is 1.81. The fraction of sp³-hybridized carbons (Fsp3) is 0.200. The number of nitrogens with zero attached hydrogens (tertiary/aromatic N) is 3. The van der Waals surface area contributed by atoms with Crippen LogP contribution in [0.3, 0.4) is 0 Å². The third kappa shape index (κ3) is 2.04. The van der Waals surface area contributed by atoms with Crippen molar-refractivity contribution in [1.82, 2.24) is 15.0 Å². The van der Waals surface area contributed by atoms with Crippen molar-refractivity contribution in [2.75, 3.05) is 11.5 Å². The predicted octanol–water partition coefficient (Wildman–Crippen LogP) is -1.04. The minimum Gasteiger partial charge on any atom is -0.391 e. The second-order valence-electron chi connectivity index (χ2n) is 1.93. The van der Waals surface area contributed by atoms with Gasteiger partial charge in [0.1, 0.15) is 0 Å². The summed E-state index contributed by atoms with van der Waals surface area (Å²) < 4.78 is 4.51. The molecule has 1 heterocycles. The van der Waals surface area contributed by atoms with E-state index < -0.39 is 5.97 Å². The summed E-state index contributed by atoms with van der Waals surface area (Å²) in [6.45, 7) is 1.22. The summed E-state index contributed by atoms with van der Waals surface area (Å²) >= 11 is 0. The van der Waals surface area contributed by atoms with Crippen molar-refractivity contribution in [2.45, 2.75) is 6.92 Å². The highest BCUT2D eigenvalue weighted by Crippen LogP contribution is 2.05. The first-order chi connectivity index (χ1) is 5.58. The molecule has 1 aromatic heterocycles. The number of nitrogens with two attached hydrogens (primary N) is 2. The number of carbonyl (C=O) groups excluding carboxylic acids is 1. The second-order valence-corrected chi connectivity index (χ2v) is 1.93. The van der Waals surface area contributed by atoms with Crippen LogP contribution in [0.1, 0.15) is 6.92 Å². The summed E-state index contributed by atoms with van der Waals surface area (Å²) in [5.41, 5.74) is 10.4. The zero-order chi connectivity index (χ0) is 9.14. The molecule has 0 unspecified atom stereocenters. The van der Waals surface area contributed by atoms with Crippen LogP contribution in [0, 0.1) is 0 Å². The molecule has 0 spiro atoms. The van der Waals surface area contributed by atoms with E-state index in [1.807, 2.05) is 0 Å². The smallest absolute Gasteiger partial charge is 0.330 e. The van der Waals surface area contributed by atoms with Crippen LogP contribution in [-0.4, -0.2) is 20.9 Å². The lowest BCUT2D eigenvalue weighted by molar-refractivity contribution is -0.132. The summed E-state index contributed by atoms with van der Waals surface area (Å²) in [7, 11) is 0. The Kier molecular flexibility index (Phi) is 2.04. The van der Waals surface area contributed by atoms with Crippen LogP contribution in [0.2, 0.25) is 0 Å². The largest absolute Gasteiger partial charge is 0.391 e. The van der Waals surface area contributed by atoms with Crippen molar-refractivity contribution in [3.05, 3.63) is 0 Å². The molecule has 0 amide bonds. The number of rotatable bonds is 1. The van der Waals surface area contributed by atoms with Crippen molar-refractivity contribution in [2.24, 2.45) is 0 Å². The predicted molar refractivity (Wildman–Crippen MR) is 40.0 cm³/mol. The van der Waals surface area contributed by atoms with Gasteiger partial charge < -0.3 is 16.2 Å². The third-order valence-electron chi connectivity index (χ3n) is 0.885. The second kappa shape index (κ2) is 2.99. The Labute approximate surface area is 67.8 Å². The van der Waals surface area contributed by atoms with Gasteiger partial charge in [0.15, 0.2) is 0 Å². The van der Waals surface area contributed by atoms with Gasteiger partial charge in [-0.05, 0) is 0 Å². The van der Waals surface area contributed by atoms with E-state index >= 15 is 0 Å². The molecule has 7 heteroatoms. The standard InChI is InChI=1S/C5H7N5O2/c1-2(11)12-5-9-3(6)8-4(7)10-5/h1H3,(H4,6,7,8,9,10). The van der Waals surface area contributed by atoms with Gasteiger partial charge in [-0.2, -0.15) is 15.0 Å². The molecule has 0 bridgehead atoms. The van der Waals surface area contributed by atoms with Crippen LogP contribution in [0.25, 0.3) is 0 Å². The van der Waals surface area contributed by atoms with Gasteiger partial charge in [-0.1, -0.05) is 0 Å². The van der Waals surface area contributed by atoms with Crippen LogP contribution in [0.4, 0.5) is 11.9 Å². The van der Waals surface area contributed by atoms with Gasteiger partial charge in [0, 0.05) is 6.92 Å². The van der Waals surface area contributed by atoms with Crippen LogP contribution < -0.4 is 16.2 Å². The molecule has 64 valence electrons. The van der Waals surface area contributed by atoms with Crippen LogP contribution in [0.5, 0.6) is 6.01 Å². The van der Waals surface area contributed by atoms with Gasteiger partial charge in [-0.3, -0.25) is 4.79 Å². The molecule has 0 saturated heterocycles. The summed E-state index contributed by atoms with van der Waals surface area (Å²) in [4.78, 5) is 20.9. The van der Waals surface area contributed by atoms with E-state index in [2.05, 4.69) is 19.7 Å². The monoisotopic (exact) mass is 169 g/mol. The van der Waals surface area contributed by atoms with Gasteiger partial charge in [0.05, 0.1) is 0 Å². The first kappa shape index (κ1) is 8.18. The molecule has 0 aromatic carbocycles. The Hall–Kier alpha value is -1.92. The van der Waals surface area contributed by atoms with E-state index in [4.69, 9.17) is 11.5 Å². The van der Waals surface area contributed by atoms with E-state index in [0.717, 1.165) is 0 Å². The molecule has 0 atom stereocenters. The van der Waals surface area contributed by atoms with Crippen LogP contribution >= 0.6 is 0 Å². The molecule has 0 aliphatic heterocycles. The fourth-order valence-corrected chi connectivity index (χ4v) is 0.563. The molecule has 0 radical (unpaired) electrons. The molecule has 0 aliphatic rings. The molecule has 0 fully saturated rings. The van der Waals surface area contributed by atoms with Crippen LogP contribution in [0.15, 0.2) is 0 Å². The molecule has 7 nitrogen and oxygen atoms in total. The average molecular weight is 169 g/mol. The minimum absolute atomic E-state index is 0.0845. The van der Waals surface area contributed by atoms with Gasteiger partial charge in [-0.25, -0.2) is 0 Å². The van der Waals surface area contributed by atoms with Gasteiger partial charge in [0.2, 0.25) is 11.9 Å². The number of nitrogen functional groups attached to an aromatic ring is 2. The Balaban J connectivity index is 2.93. The molecule has 0 saturated carbocycles. The lowest BCUT2D eigenvalue weighted by atomic mass is 10.8. The first-order valence-corrected chi connectivity index (χ1v) is 3.03. The maximum absolute atomic E-state index is 10.4. The van der Waals surface area contributed by atoms with Crippen molar-refractivity contribution in [3.63, 3.8) is 0 Å². The van der Waals surface area contributed by atoms with E-state index in [1.54, 1.807) is 0 Å².